The fourth-order valence-electron chi connectivity index (χ4n) is 6.73. The molecule has 4 saturated carbocycles. The van der Waals surface area contributed by atoms with Gasteiger partial charge in [0.2, 0.25) is 0 Å². The minimum Gasteiger partial charge on any atom is -0.0848 e. The van der Waals surface area contributed by atoms with Crippen molar-refractivity contribution in [1.82, 2.24) is 0 Å². The largest absolute Gasteiger partial charge is 0.0848 e. The predicted octanol–water partition coefficient (Wildman–Crippen LogP) is 3.49. The maximum absolute atomic E-state index is 2.58. The van der Waals surface area contributed by atoms with Gasteiger partial charge < -0.3 is 0 Å². The Labute approximate surface area is 92.1 Å². The molecule has 0 heteroatoms. The summed E-state index contributed by atoms with van der Waals surface area (Å²) in [4.78, 5) is 0. The van der Waals surface area contributed by atoms with Gasteiger partial charge in [0.05, 0.1) is 0 Å². The minimum atomic E-state index is 1.02. The average Bonchev–Trinajstić information content (AvgIpc) is 3.03. The minimum absolute atomic E-state index is 1.02. The van der Waals surface area contributed by atoms with Gasteiger partial charge >= 0.3 is 0 Å². The lowest BCUT2D eigenvalue weighted by Gasteiger charge is -2.39. The molecular formula is C15H20. The van der Waals surface area contributed by atoms with Crippen molar-refractivity contribution in [3.8, 4) is 0 Å². The zero-order chi connectivity index (χ0) is 9.57. The SMILES string of the molecule is C1=CC2CC1C1C3CC(C4CCCC43)C21. The van der Waals surface area contributed by atoms with Crippen LogP contribution in [-0.2, 0) is 0 Å². The summed E-state index contributed by atoms with van der Waals surface area (Å²) in [6.45, 7) is 0. The number of rotatable bonds is 0. The molecule has 0 spiro atoms. The normalized spacial score (nSPS) is 67.7. The first-order valence-electron chi connectivity index (χ1n) is 7.12. The molecule has 0 aromatic rings. The van der Waals surface area contributed by atoms with Crippen molar-refractivity contribution in [2.45, 2.75) is 32.1 Å². The molecule has 8 unspecified atom stereocenters. The van der Waals surface area contributed by atoms with E-state index in [1.165, 1.54) is 23.7 Å². The molecule has 5 aliphatic rings. The molecule has 15 heavy (non-hydrogen) atoms. The third-order valence-corrected chi connectivity index (χ3v) is 6.84. The van der Waals surface area contributed by atoms with Crippen LogP contribution in [0.2, 0.25) is 0 Å². The Kier molecular flexibility index (Phi) is 1.25. The fraction of sp³-hybridized carbons (Fsp3) is 0.867. The van der Waals surface area contributed by atoms with E-state index in [-0.39, 0.29) is 0 Å². The highest BCUT2D eigenvalue weighted by molar-refractivity contribution is 5.22. The van der Waals surface area contributed by atoms with Gasteiger partial charge in [-0.2, -0.15) is 0 Å². The van der Waals surface area contributed by atoms with E-state index in [0.717, 1.165) is 23.7 Å². The monoisotopic (exact) mass is 200 g/mol. The highest BCUT2D eigenvalue weighted by atomic mass is 14.7. The lowest BCUT2D eigenvalue weighted by molar-refractivity contribution is 0.108. The Hall–Kier alpha value is -0.260. The van der Waals surface area contributed by atoms with Crippen molar-refractivity contribution >= 4 is 0 Å². The lowest BCUT2D eigenvalue weighted by atomic mass is 9.66. The number of allylic oxidation sites excluding steroid dienone is 2. The van der Waals surface area contributed by atoms with Gasteiger partial charge in [0, 0.05) is 0 Å². The molecule has 0 saturated heterocycles. The maximum atomic E-state index is 2.58. The van der Waals surface area contributed by atoms with Crippen LogP contribution in [0.1, 0.15) is 32.1 Å². The van der Waals surface area contributed by atoms with Gasteiger partial charge in [-0.05, 0) is 73.0 Å². The zero-order valence-electron chi connectivity index (χ0n) is 9.31. The molecule has 0 heterocycles. The van der Waals surface area contributed by atoms with Crippen molar-refractivity contribution in [2.24, 2.45) is 47.3 Å². The van der Waals surface area contributed by atoms with Crippen LogP contribution in [0.25, 0.3) is 0 Å². The first-order chi connectivity index (χ1) is 7.43. The Bertz CT molecular complexity index is 312. The summed E-state index contributed by atoms with van der Waals surface area (Å²) in [6, 6.07) is 0. The molecule has 4 bridgehead atoms. The Morgan fingerprint density at radius 3 is 1.87 bits per heavy atom. The van der Waals surface area contributed by atoms with Crippen LogP contribution >= 0.6 is 0 Å². The van der Waals surface area contributed by atoms with Gasteiger partial charge in [-0.3, -0.25) is 0 Å². The summed E-state index contributed by atoms with van der Waals surface area (Å²) >= 11 is 0. The fourth-order valence-corrected chi connectivity index (χ4v) is 6.73. The summed E-state index contributed by atoms with van der Waals surface area (Å²) in [5.74, 6) is 9.08. The Morgan fingerprint density at radius 1 is 0.667 bits per heavy atom. The molecule has 8 atom stereocenters. The molecule has 5 rings (SSSR count). The highest BCUT2D eigenvalue weighted by Crippen LogP contribution is 2.71. The van der Waals surface area contributed by atoms with Crippen molar-refractivity contribution in [1.29, 1.82) is 0 Å². The summed E-state index contributed by atoms with van der Waals surface area (Å²) in [6.07, 6.45) is 13.1. The van der Waals surface area contributed by atoms with Crippen LogP contribution in [0, 0.1) is 47.3 Å². The molecule has 0 N–H and O–H groups in total. The molecular weight excluding hydrogens is 180 g/mol. The van der Waals surface area contributed by atoms with Crippen LogP contribution in [0.3, 0.4) is 0 Å². The molecule has 0 aliphatic heterocycles. The van der Waals surface area contributed by atoms with Gasteiger partial charge in [-0.1, -0.05) is 18.6 Å². The topological polar surface area (TPSA) is 0 Å². The Balaban J connectivity index is 1.62. The van der Waals surface area contributed by atoms with Crippen LogP contribution < -0.4 is 0 Å². The second-order valence-corrected chi connectivity index (χ2v) is 6.93. The first kappa shape index (κ1) is 7.92. The standard InChI is InChI=1S/C15H20/c1-2-10-11(3-1)13-7-12(10)14-8-4-5-9(6-8)15(13)14/h4-5,8-15H,1-3,6-7H2. The Morgan fingerprint density at radius 2 is 1.27 bits per heavy atom. The summed E-state index contributed by atoms with van der Waals surface area (Å²) in [5.41, 5.74) is 0. The van der Waals surface area contributed by atoms with Gasteiger partial charge in [-0.25, -0.2) is 0 Å². The molecule has 0 aromatic carbocycles. The van der Waals surface area contributed by atoms with Crippen LogP contribution in [0.5, 0.6) is 0 Å². The van der Waals surface area contributed by atoms with Gasteiger partial charge in [-0.15, -0.1) is 0 Å². The molecule has 5 aliphatic carbocycles. The molecule has 0 aromatic heterocycles. The zero-order valence-corrected chi connectivity index (χ0v) is 9.31. The maximum Gasteiger partial charge on any atom is -0.0194 e. The third kappa shape index (κ3) is 0.736. The van der Waals surface area contributed by atoms with E-state index < -0.39 is 0 Å². The third-order valence-electron chi connectivity index (χ3n) is 6.84. The second kappa shape index (κ2) is 2.36. The van der Waals surface area contributed by atoms with E-state index in [4.69, 9.17) is 0 Å². The predicted molar refractivity (Wildman–Crippen MR) is 60.1 cm³/mol. The van der Waals surface area contributed by atoms with E-state index in [2.05, 4.69) is 12.2 Å². The summed E-state index contributed by atoms with van der Waals surface area (Å²) < 4.78 is 0. The lowest BCUT2D eigenvalue weighted by Crippen LogP contribution is -2.34. The molecule has 80 valence electrons. The van der Waals surface area contributed by atoms with E-state index in [1.54, 1.807) is 32.1 Å². The van der Waals surface area contributed by atoms with Crippen LogP contribution in [0.15, 0.2) is 12.2 Å². The van der Waals surface area contributed by atoms with E-state index in [0.29, 0.717) is 0 Å². The number of hydrogen-bond acceptors (Lipinski definition) is 0. The van der Waals surface area contributed by atoms with Crippen molar-refractivity contribution in [3.63, 3.8) is 0 Å². The van der Waals surface area contributed by atoms with Crippen molar-refractivity contribution in [2.75, 3.05) is 0 Å². The van der Waals surface area contributed by atoms with Gasteiger partial charge in [0.15, 0.2) is 0 Å². The second-order valence-electron chi connectivity index (χ2n) is 6.93. The number of fused-ring (bicyclic) bond motifs is 12. The smallest absolute Gasteiger partial charge is 0.0194 e. The average molecular weight is 200 g/mol. The van der Waals surface area contributed by atoms with Gasteiger partial charge in [0.25, 0.3) is 0 Å². The molecule has 0 nitrogen and oxygen atoms in total. The molecule has 4 fully saturated rings. The highest BCUT2D eigenvalue weighted by Gasteiger charge is 2.64. The summed E-state index contributed by atoms with van der Waals surface area (Å²) in [7, 11) is 0. The van der Waals surface area contributed by atoms with E-state index >= 15 is 0 Å². The quantitative estimate of drug-likeness (QED) is 0.415. The molecule has 0 radical (unpaired) electrons. The van der Waals surface area contributed by atoms with Crippen molar-refractivity contribution in [3.05, 3.63) is 12.2 Å². The summed E-state index contributed by atoms with van der Waals surface area (Å²) in [5, 5.41) is 0. The van der Waals surface area contributed by atoms with Crippen LogP contribution in [0.4, 0.5) is 0 Å². The van der Waals surface area contributed by atoms with Crippen molar-refractivity contribution < 1.29 is 0 Å². The number of hydrogen-bond donors (Lipinski definition) is 0. The first-order valence-corrected chi connectivity index (χ1v) is 7.12. The van der Waals surface area contributed by atoms with E-state index in [9.17, 15) is 0 Å². The molecule has 0 amide bonds. The van der Waals surface area contributed by atoms with E-state index in [1.807, 2.05) is 0 Å². The van der Waals surface area contributed by atoms with Crippen LogP contribution in [-0.4, -0.2) is 0 Å². The van der Waals surface area contributed by atoms with Gasteiger partial charge in [0.1, 0.15) is 0 Å².